The molecule has 1 saturated heterocycles. The van der Waals surface area contributed by atoms with E-state index in [2.05, 4.69) is 10.6 Å². The summed E-state index contributed by atoms with van der Waals surface area (Å²) < 4.78 is 0. The smallest absolute Gasteiger partial charge is 0.253 e. The first-order chi connectivity index (χ1) is 9.74. The van der Waals surface area contributed by atoms with Gasteiger partial charge >= 0.3 is 0 Å². The lowest BCUT2D eigenvalue weighted by atomic mass is 10.1. The Morgan fingerprint density at radius 1 is 1.30 bits per heavy atom. The molecule has 1 aliphatic rings. The van der Waals surface area contributed by atoms with Crippen LogP contribution in [0.5, 0.6) is 0 Å². The van der Waals surface area contributed by atoms with Gasteiger partial charge in [0.2, 0.25) is 0 Å². The van der Waals surface area contributed by atoms with E-state index in [0.717, 1.165) is 50.3 Å². The molecule has 1 aromatic carbocycles. The Bertz CT molecular complexity index is 437. The largest absolute Gasteiger partial charge is 0.382 e. The molecule has 1 fully saturated rings. The fourth-order valence-electron chi connectivity index (χ4n) is 2.64. The van der Waals surface area contributed by atoms with E-state index in [1.54, 1.807) is 0 Å². The summed E-state index contributed by atoms with van der Waals surface area (Å²) in [4.78, 5) is 14.2. The zero-order chi connectivity index (χ0) is 14.4. The molecule has 0 saturated carbocycles. The first-order valence-electron chi connectivity index (χ1n) is 7.61. The number of nitrogens with one attached hydrogen (secondary N) is 2. The fourth-order valence-corrected chi connectivity index (χ4v) is 2.64. The third kappa shape index (κ3) is 3.73. The van der Waals surface area contributed by atoms with Crippen LogP contribution in [0.25, 0.3) is 0 Å². The predicted molar refractivity (Wildman–Crippen MR) is 83.2 cm³/mol. The molecule has 2 rings (SSSR count). The van der Waals surface area contributed by atoms with E-state index in [0.29, 0.717) is 6.04 Å². The van der Waals surface area contributed by atoms with E-state index in [1.807, 2.05) is 43.0 Å². The molecule has 4 heteroatoms. The number of carbonyl (C=O) groups is 1. The Morgan fingerprint density at radius 3 is 2.65 bits per heavy atom. The van der Waals surface area contributed by atoms with Gasteiger partial charge in [0.25, 0.3) is 5.91 Å². The van der Waals surface area contributed by atoms with Gasteiger partial charge in [0, 0.05) is 30.4 Å². The zero-order valence-electron chi connectivity index (χ0n) is 12.5. The predicted octanol–water partition coefficient (Wildman–Crippen LogP) is 2.33. The summed E-state index contributed by atoms with van der Waals surface area (Å²) in [6.07, 6.45) is 2.27. The van der Waals surface area contributed by atoms with Gasteiger partial charge in [-0.2, -0.15) is 0 Å². The average Bonchev–Trinajstić information content (AvgIpc) is 2.49. The Hall–Kier alpha value is -1.55. The molecule has 0 spiro atoms. The second-order valence-corrected chi connectivity index (χ2v) is 5.23. The van der Waals surface area contributed by atoms with E-state index in [4.69, 9.17) is 0 Å². The Morgan fingerprint density at radius 2 is 2.00 bits per heavy atom. The SMILES string of the molecule is CCN(CC)C(=O)c1cccc(NC2CCNCC2)c1. The quantitative estimate of drug-likeness (QED) is 0.867. The molecule has 0 radical (unpaired) electrons. The molecule has 0 aliphatic carbocycles. The number of benzene rings is 1. The lowest BCUT2D eigenvalue weighted by Crippen LogP contribution is -2.35. The van der Waals surface area contributed by atoms with E-state index < -0.39 is 0 Å². The number of piperidine rings is 1. The highest BCUT2D eigenvalue weighted by Gasteiger charge is 2.15. The van der Waals surface area contributed by atoms with Crippen molar-refractivity contribution in [1.82, 2.24) is 10.2 Å². The van der Waals surface area contributed by atoms with Crippen molar-refractivity contribution in [3.63, 3.8) is 0 Å². The maximum Gasteiger partial charge on any atom is 0.253 e. The van der Waals surface area contributed by atoms with Gasteiger partial charge in [0.15, 0.2) is 0 Å². The topological polar surface area (TPSA) is 44.4 Å². The van der Waals surface area contributed by atoms with Crippen molar-refractivity contribution in [1.29, 1.82) is 0 Å². The van der Waals surface area contributed by atoms with Crippen LogP contribution in [0.15, 0.2) is 24.3 Å². The van der Waals surface area contributed by atoms with Crippen molar-refractivity contribution in [2.45, 2.75) is 32.7 Å². The third-order valence-electron chi connectivity index (χ3n) is 3.87. The van der Waals surface area contributed by atoms with E-state index in [9.17, 15) is 4.79 Å². The molecule has 2 N–H and O–H groups in total. The maximum absolute atomic E-state index is 12.3. The van der Waals surface area contributed by atoms with Gasteiger partial charge in [0.1, 0.15) is 0 Å². The molecule has 0 atom stereocenters. The average molecular weight is 275 g/mol. The molecule has 20 heavy (non-hydrogen) atoms. The van der Waals surface area contributed by atoms with E-state index >= 15 is 0 Å². The number of hydrogen-bond donors (Lipinski definition) is 2. The number of rotatable bonds is 5. The standard InChI is InChI=1S/C16H25N3O/c1-3-19(4-2)16(20)13-6-5-7-15(12-13)18-14-8-10-17-11-9-14/h5-7,12,14,17-18H,3-4,8-11H2,1-2H3. The van der Waals surface area contributed by atoms with Crippen LogP contribution in [-0.2, 0) is 0 Å². The Balaban J connectivity index is 2.05. The normalized spacial score (nSPS) is 15.9. The van der Waals surface area contributed by atoms with Crippen LogP contribution in [0.4, 0.5) is 5.69 Å². The van der Waals surface area contributed by atoms with Crippen LogP contribution < -0.4 is 10.6 Å². The van der Waals surface area contributed by atoms with Crippen molar-refractivity contribution in [3.8, 4) is 0 Å². The third-order valence-corrected chi connectivity index (χ3v) is 3.87. The highest BCUT2D eigenvalue weighted by molar-refractivity contribution is 5.95. The molecular formula is C16H25N3O. The minimum atomic E-state index is 0.115. The summed E-state index contributed by atoms with van der Waals surface area (Å²) in [6.45, 7) is 7.66. The van der Waals surface area contributed by atoms with Gasteiger partial charge in [0.05, 0.1) is 0 Å². The maximum atomic E-state index is 12.3. The molecule has 110 valence electrons. The summed E-state index contributed by atoms with van der Waals surface area (Å²) >= 11 is 0. The molecule has 1 aliphatic heterocycles. The highest BCUT2D eigenvalue weighted by atomic mass is 16.2. The van der Waals surface area contributed by atoms with Gasteiger partial charge in [-0.15, -0.1) is 0 Å². The van der Waals surface area contributed by atoms with E-state index in [-0.39, 0.29) is 5.91 Å². The fraction of sp³-hybridized carbons (Fsp3) is 0.562. The number of nitrogens with zero attached hydrogens (tertiary/aromatic N) is 1. The molecule has 0 unspecified atom stereocenters. The van der Waals surface area contributed by atoms with Crippen LogP contribution in [0.1, 0.15) is 37.0 Å². The minimum absolute atomic E-state index is 0.115. The van der Waals surface area contributed by atoms with Crippen molar-refractivity contribution >= 4 is 11.6 Å². The van der Waals surface area contributed by atoms with Crippen LogP contribution in [0.3, 0.4) is 0 Å². The zero-order valence-corrected chi connectivity index (χ0v) is 12.5. The van der Waals surface area contributed by atoms with Crippen LogP contribution in [0, 0.1) is 0 Å². The summed E-state index contributed by atoms with van der Waals surface area (Å²) in [6, 6.07) is 8.38. The monoisotopic (exact) mass is 275 g/mol. The van der Waals surface area contributed by atoms with Gasteiger partial charge < -0.3 is 15.5 Å². The summed E-state index contributed by atoms with van der Waals surface area (Å²) in [5, 5.41) is 6.90. The molecule has 1 amide bonds. The van der Waals surface area contributed by atoms with E-state index in [1.165, 1.54) is 0 Å². The molecular weight excluding hydrogens is 250 g/mol. The number of anilines is 1. The second kappa shape index (κ2) is 7.29. The number of hydrogen-bond acceptors (Lipinski definition) is 3. The first-order valence-corrected chi connectivity index (χ1v) is 7.61. The molecule has 0 aromatic heterocycles. The van der Waals surface area contributed by atoms with Gasteiger partial charge in [-0.1, -0.05) is 6.07 Å². The van der Waals surface area contributed by atoms with Gasteiger partial charge in [-0.3, -0.25) is 4.79 Å². The second-order valence-electron chi connectivity index (χ2n) is 5.23. The van der Waals surface area contributed by atoms with Gasteiger partial charge in [-0.05, 0) is 58.0 Å². The summed E-state index contributed by atoms with van der Waals surface area (Å²) in [7, 11) is 0. The van der Waals surface area contributed by atoms with Crippen LogP contribution in [0.2, 0.25) is 0 Å². The molecule has 1 heterocycles. The number of amides is 1. The first kappa shape index (κ1) is 14.9. The van der Waals surface area contributed by atoms with Crippen molar-refractivity contribution in [2.24, 2.45) is 0 Å². The summed E-state index contributed by atoms with van der Waals surface area (Å²) in [5.74, 6) is 0.115. The lowest BCUT2D eigenvalue weighted by Gasteiger charge is -2.25. The van der Waals surface area contributed by atoms with Crippen molar-refractivity contribution in [3.05, 3.63) is 29.8 Å². The molecule has 4 nitrogen and oxygen atoms in total. The molecule has 1 aromatic rings. The molecule has 0 bridgehead atoms. The minimum Gasteiger partial charge on any atom is -0.382 e. The van der Waals surface area contributed by atoms with Crippen LogP contribution in [-0.4, -0.2) is 43.0 Å². The van der Waals surface area contributed by atoms with Crippen LogP contribution >= 0.6 is 0 Å². The Labute approximate surface area is 121 Å². The Kier molecular flexibility index (Phi) is 5.41. The van der Waals surface area contributed by atoms with Crippen molar-refractivity contribution in [2.75, 3.05) is 31.5 Å². The lowest BCUT2D eigenvalue weighted by molar-refractivity contribution is 0.0773. The number of carbonyl (C=O) groups excluding carboxylic acids is 1. The van der Waals surface area contributed by atoms with Crippen molar-refractivity contribution < 1.29 is 4.79 Å². The van der Waals surface area contributed by atoms with Gasteiger partial charge in [-0.25, -0.2) is 0 Å². The summed E-state index contributed by atoms with van der Waals surface area (Å²) in [5.41, 5.74) is 1.82. The highest BCUT2D eigenvalue weighted by Crippen LogP contribution is 2.16.